The van der Waals surface area contributed by atoms with Crippen LogP contribution >= 0.6 is 15.9 Å². The normalized spacial score (nSPS) is 10.9. The van der Waals surface area contributed by atoms with E-state index in [-0.39, 0.29) is 5.91 Å². The van der Waals surface area contributed by atoms with Crippen LogP contribution in [0.3, 0.4) is 0 Å². The van der Waals surface area contributed by atoms with Crippen LogP contribution in [0.4, 0.5) is 5.69 Å². The molecule has 0 radical (unpaired) electrons. The van der Waals surface area contributed by atoms with Gasteiger partial charge in [-0.25, -0.2) is 4.68 Å². The SMILES string of the molecule is CCc1ccc(NC(=O)c2ccn(Cn3nc(C)c(Br)c3C)n2)cc1. The van der Waals surface area contributed by atoms with Gasteiger partial charge in [-0.3, -0.25) is 9.48 Å². The van der Waals surface area contributed by atoms with Crippen molar-refractivity contribution < 1.29 is 4.79 Å². The molecule has 0 aliphatic rings. The van der Waals surface area contributed by atoms with E-state index in [1.54, 1.807) is 16.9 Å². The molecule has 0 spiro atoms. The van der Waals surface area contributed by atoms with Crippen molar-refractivity contribution in [2.24, 2.45) is 0 Å². The molecule has 3 aromatic rings. The first-order valence-corrected chi connectivity index (χ1v) is 8.90. The lowest BCUT2D eigenvalue weighted by Gasteiger charge is -2.05. The predicted octanol–water partition coefficient (Wildman–Crippen LogP) is 3.78. The molecule has 2 aromatic heterocycles. The third-order valence-electron chi connectivity index (χ3n) is 4.07. The van der Waals surface area contributed by atoms with Gasteiger partial charge in [-0.05, 0) is 60.0 Å². The highest BCUT2D eigenvalue weighted by Gasteiger charge is 2.12. The fourth-order valence-corrected chi connectivity index (χ4v) is 2.81. The highest BCUT2D eigenvalue weighted by atomic mass is 79.9. The number of anilines is 1. The summed E-state index contributed by atoms with van der Waals surface area (Å²) in [5.41, 5.74) is 4.32. The second-order valence-electron chi connectivity index (χ2n) is 5.87. The third kappa shape index (κ3) is 3.82. The molecule has 0 fully saturated rings. The summed E-state index contributed by atoms with van der Waals surface area (Å²) < 4.78 is 4.53. The number of rotatable bonds is 5. The highest BCUT2D eigenvalue weighted by molar-refractivity contribution is 9.10. The fourth-order valence-electron chi connectivity index (χ4n) is 2.53. The van der Waals surface area contributed by atoms with Gasteiger partial charge in [-0.2, -0.15) is 10.2 Å². The molecule has 0 aliphatic carbocycles. The van der Waals surface area contributed by atoms with Gasteiger partial charge in [0.1, 0.15) is 6.67 Å². The topological polar surface area (TPSA) is 64.7 Å². The zero-order valence-electron chi connectivity index (χ0n) is 14.5. The molecule has 7 heteroatoms. The summed E-state index contributed by atoms with van der Waals surface area (Å²) in [5, 5.41) is 11.7. The number of amides is 1. The number of nitrogens with zero attached hydrogens (tertiary/aromatic N) is 4. The number of carbonyl (C=O) groups is 1. The number of nitrogens with one attached hydrogen (secondary N) is 1. The monoisotopic (exact) mass is 401 g/mol. The first kappa shape index (κ1) is 17.4. The van der Waals surface area contributed by atoms with E-state index in [0.29, 0.717) is 12.4 Å². The molecule has 6 nitrogen and oxygen atoms in total. The van der Waals surface area contributed by atoms with Gasteiger partial charge in [-0.15, -0.1) is 0 Å². The predicted molar refractivity (Wildman–Crippen MR) is 101 cm³/mol. The molecule has 1 aromatic carbocycles. The minimum Gasteiger partial charge on any atom is -0.321 e. The number of hydrogen-bond acceptors (Lipinski definition) is 3. The van der Waals surface area contributed by atoms with Crippen molar-refractivity contribution in [3.05, 3.63) is 63.6 Å². The molecule has 2 heterocycles. The summed E-state index contributed by atoms with van der Waals surface area (Å²) in [4.78, 5) is 12.3. The van der Waals surface area contributed by atoms with Crippen LogP contribution in [0.25, 0.3) is 0 Å². The standard InChI is InChI=1S/C18H20BrN5O/c1-4-14-5-7-15(8-6-14)20-18(25)16-9-10-23(22-16)11-24-13(3)17(19)12(2)21-24/h5-10H,4,11H2,1-3H3,(H,20,25). The van der Waals surface area contributed by atoms with E-state index in [1.807, 2.05) is 42.8 Å². The third-order valence-corrected chi connectivity index (χ3v) is 5.21. The lowest BCUT2D eigenvalue weighted by Crippen LogP contribution is -2.15. The maximum absolute atomic E-state index is 12.3. The van der Waals surface area contributed by atoms with E-state index < -0.39 is 0 Å². The minimum absolute atomic E-state index is 0.224. The van der Waals surface area contributed by atoms with Gasteiger partial charge in [0.05, 0.1) is 15.9 Å². The van der Waals surface area contributed by atoms with Crippen LogP contribution in [0.1, 0.15) is 34.4 Å². The molecule has 1 N–H and O–H groups in total. The second-order valence-corrected chi connectivity index (χ2v) is 6.66. The lowest BCUT2D eigenvalue weighted by molar-refractivity contribution is 0.102. The van der Waals surface area contributed by atoms with Crippen molar-refractivity contribution in [2.45, 2.75) is 33.9 Å². The van der Waals surface area contributed by atoms with Gasteiger partial charge >= 0.3 is 0 Å². The fraction of sp³-hybridized carbons (Fsp3) is 0.278. The van der Waals surface area contributed by atoms with Crippen LogP contribution in [0, 0.1) is 13.8 Å². The van der Waals surface area contributed by atoms with E-state index in [1.165, 1.54) is 5.56 Å². The summed E-state index contributed by atoms with van der Waals surface area (Å²) in [5.74, 6) is -0.224. The Hall–Kier alpha value is -2.41. The first-order valence-electron chi connectivity index (χ1n) is 8.11. The van der Waals surface area contributed by atoms with Crippen LogP contribution < -0.4 is 5.32 Å². The van der Waals surface area contributed by atoms with Gasteiger partial charge in [0.25, 0.3) is 5.91 Å². The van der Waals surface area contributed by atoms with Gasteiger partial charge in [0.15, 0.2) is 5.69 Å². The average Bonchev–Trinajstić information content (AvgIpc) is 3.17. The number of hydrogen-bond donors (Lipinski definition) is 1. The Morgan fingerprint density at radius 3 is 2.48 bits per heavy atom. The molecule has 0 saturated carbocycles. The highest BCUT2D eigenvalue weighted by Crippen LogP contribution is 2.19. The van der Waals surface area contributed by atoms with Crippen molar-refractivity contribution in [2.75, 3.05) is 5.32 Å². The van der Waals surface area contributed by atoms with Gasteiger partial charge in [0.2, 0.25) is 0 Å². The maximum atomic E-state index is 12.3. The van der Waals surface area contributed by atoms with Crippen LogP contribution in [0.5, 0.6) is 0 Å². The summed E-state index contributed by atoms with van der Waals surface area (Å²) in [6.07, 6.45) is 2.75. The lowest BCUT2D eigenvalue weighted by atomic mass is 10.1. The second kappa shape index (κ2) is 7.23. The summed E-state index contributed by atoms with van der Waals surface area (Å²) in [6, 6.07) is 9.53. The van der Waals surface area contributed by atoms with Crippen LogP contribution in [0.2, 0.25) is 0 Å². The van der Waals surface area contributed by atoms with Crippen molar-refractivity contribution >= 4 is 27.5 Å². The smallest absolute Gasteiger partial charge is 0.276 e. The summed E-state index contributed by atoms with van der Waals surface area (Å²) >= 11 is 3.51. The molecule has 3 rings (SSSR count). The Morgan fingerprint density at radius 2 is 1.88 bits per heavy atom. The Kier molecular flexibility index (Phi) is 5.03. The van der Waals surface area contributed by atoms with Gasteiger partial charge in [-0.1, -0.05) is 19.1 Å². The molecule has 130 valence electrons. The maximum Gasteiger partial charge on any atom is 0.276 e. The number of carbonyl (C=O) groups excluding carboxylic acids is 1. The Morgan fingerprint density at radius 1 is 1.16 bits per heavy atom. The van der Waals surface area contributed by atoms with Crippen molar-refractivity contribution in [3.8, 4) is 0 Å². The largest absolute Gasteiger partial charge is 0.321 e. The van der Waals surface area contributed by atoms with E-state index in [2.05, 4.69) is 38.4 Å². The van der Waals surface area contributed by atoms with Crippen molar-refractivity contribution in [1.29, 1.82) is 0 Å². The zero-order chi connectivity index (χ0) is 18.0. The molecule has 1 amide bonds. The molecule has 25 heavy (non-hydrogen) atoms. The van der Waals surface area contributed by atoms with Crippen molar-refractivity contribution in [1.82, 2.24) is 19.6 Å². The quantitative estimate of drug-likeness (QED) is 0.707. The van der Waals surface area contributed by atoms with Crippen LogP contribution in [0.15, 0.2) is 41.0 Å². The Labute approximate surface area is 155 Å². The molecular formula is C18H20BrN5O. The molecule has 0 atom stereocenters. The Balaban J connectivity index is 1.69. The van der Waals surface area contributed by atoms with Crippen LogP contribution in [-0.2, 0) is 13.1 Å². The van der Waals surface area contributed by atoms with Gasteiger partial charge < -0.3 is 5.32 Å². The minimum atomic E-state index is -0.224. The number of benzene rings is 1. The summed E-state index contributed by atoms with van der Waals surface area (Å²) in [6.45, 7) is 6.48. The number of aryl methyl sites for hydroxylation is 2. The van der Waals surface area contributed by atoms with Crippen molar-refractivity contribution in [3.63, 3.8) is 0 Å². The van der Waals surface area contributed by atoms with E-state index in [4.69, 9.17) is 0 Å². The van der Waals surface area contributed by atoms with E-state index in [9.17, 15) is 4.79 Å². The number of aromatic nitrogens is 4. The molecular weight excluding hydrogens is 382 g/mol. The molecule has 0 saturated heterocycles. The first-order chi connectivity index (χ1) is 12.0. The molecule has 0 bridgehead atoms. The summed E-state index contributed by atoms with van der Waals surface area (Å²) in [7, 11) is 0. The van der Waals surface area contributed by atoms with E-state index >= 15 is 0 Å². The average molecular weight is 402 g/mol. The zero-order valence-corrected chi connectivity index (χ0v) is 16.0. The molecule has 0 unspecified atom stereocenters. The van der Waals surface area contributed by atoms with Gasteiger partial charge in [0, 0.05) is 11.9 Å². The Bertz CT molecular complexity index is 895. The van der Waals surface area contributed by atoms with Crippen LogP contribution in [-0.4, -0.2) is 25.5 Å². The van der Waals surface area contributed by atoms with E-state index in [0.717, 1.165) is 28.0 Å². The number of halogens is 1. The molecule has 0 aliphatic heterocycles.